The van der Waals surface area contributed by atoms with Crippen molar-refractivity contribution in [2.75, 3.05) is 0 Å². The van der Waals surface area contributed by atoms with Gasteiger partial charge in [0.2, 0.25) is 0 Å². The van der Waals surface area contributed by atoms with Gasteiger partial charge in [0.05, 0.1) is 5.69 Å². The van der Waals surface area contributed by atoms with E-state index in [1.54, 1.807) is 0 Å². The van der Waals surface area contributed by atoms with Gasteiger partial charge in [-0.05, 0) is 25.5 Å². The summed E-state index contributed by atoms with van der Waals surface area (Å²) in [6.45, 7) is 7.89. The third kappa shape index (κ3) is 2.92. The minimum atomic E-state index is 0.0349. The van der Waals surface area contributed by atoms with Crippen LogP contribution in [-0.4, -0.2) is 16.0 Å². The average molecular weight is 256 g/mol. The van der Waals surface area contributed by atoms with Crippen molar-refractivity contribution in [3.8, 4) is 0 Å². The van der Waals surface area contributed by atoms with Gasteiger partial charge in [-0.2, -0.15) is 5.10 Å². The van der Waals surface area contributed by atoms with E-state index in [1.807, 2.05) is 45.9 Å². The Morgan fingerprint density at radius 1 is 1.32 bits per heavy atom. The highest BCUT2D eigenvalue weighted by Gasteiger charge is 2.12. The van der Waals surface area contributed by atoms with Crippen LogP contribution in [0.15, 0.2) is 24.3 Å². The molecule has 1 heterocycles. The van der Waals surface area contributed by atoms with Gasteiger partial charge in [0.15, 0.2) is 5.78 Å². The zero-order valence-corrected chi connectivity index (χ0v) is 11.9. The van der Waals surface area contributed by atoms with Crippen LogP contribution in [0.4, 0.5) is 0 Å². The summed E-state index contributed by atoms with van der Waals surface area (Å²) in [5.74, 6) is 0.232. The monoisotopic (exact) mass is 256 g/mol. The van der Waals surface area contributed by atoms with Crippen molar-refractivity contribution >= 4 is 5.78 Å². The molecule has 1 aromatic carbocycles. The predicted octanol–water partition coefficient (Wildman–Crippen LogP) is 3.46. The second kappa shape index (κ2) is 5.39. The third-order valence-electron chi connectivity index (χ3n) is 3.40. The number of Topliss-reactive ketones (excluding diaryl/α,β-unsaturated/α-hetero) is 1. The maximum atomic E-state index is 12.0. The van der Waals surface area contributed by atoms with Crippen molar-refractivity contribution in [1.82, 2.24) is 10.2 Å². The summed E-state index contributed by atoms with van der Waals surface area (Å²) >= 11 is 0. The number of H-pyrrole nitrogens is 1. The number of nitrogens with zero attached hydrogens (tertiary/aromatic N) is 1. The molecule has 0 fully saturated rings. The number of carbonyl (C=O) groups excluding carboxylic acids is 1. The highest BCUT2D eigenvalue weighted by atomic mass is 16.1. The molecule has 2 rings (SSSR count). The van der Waals surface area contributed by atoms with Crippen LogP contribution >= 0.6 is 0 Å². The summed E-state index contributed by atoms with van der Waals surface area (Å²) < 4.78 is 0. The summed E-state index contributed by atoms with van der Waals surface area (Å²) in [6, 6.07) is 7.90. The van der Waals surface area contributed by atoms with Crippen LogP contribution in [0, 0.1) is 19.8 Å². The SMILES string of the molecule is Cc1n[nH]c(C)c1Cc1cccc(C(=O)C(C)C)c1. The molecule has 0 radical (unpaired) electrons. The normalized spacial score (nSPS) is 11.0. The summed E-state index contributed by atoms with van der Waals surface area (Å²) in [6.07, 6.45) is 0.813. The van der Waals surface area contributed by atoms with Crippen molar-refractivity contribution in [2.24, 2.45) is 5.92 Å². The van der Waals surface area contributed by atoms with E-state index in [0.29, 0.717) is 0 Å². The molecule has 1 N–H and O–H groups in total. The lowest BCUT2D eigenvalue weighted by molar-refractivity contribution is 0.0939. The molecule has 0 atom stereocenters. The topological polar surface area (TPSA) is 45.8 Å². The first-order chi connectivity index (χ1) is 8.99. The zero-order chi connectivity index (χ0) is 14.0. The number of nitrogens with one attached hydrogen (secondary N) is 1. The number of benzene rings is 1. The maximum absolute atomic E-state index is 12.0. The zero-order valence-electron chi connectivity index (χ0n) is 11.9. The number of rotatable bonds is 4. The lowest BCUT2D eigenvalue weighted by Crippen LogP contribution is -2.07. The fraction of sp³-hybridized carbons (Fsp3) is 0.375. The molecule has 0 aliphatic heterocycles. The van der Waals surface area contributed by atoms with Gasteiger partial charge in [-0.1, -0.05) is 32.0 Å². The van der Waals surface area contributed by atoms with Crippen LogP contribution in [0.1, 0.15) is 46.7 Å². The van der Waals surface area contributed by atoms with Crippen LogP contribution in [0.25, 0.3) is 0 Å². The Kier molecular flexibility index (Phi) is 3.84. The van der Waals surface area contributed by atoms with Crippen LogP contribution in [-0.2, 0) is 6.42 Å². The molecular weight excluding hydrogens is 236 g/mol. The van der Waals surface area contributed by atoms with E-state index < -0.39 is 0 Å². The number of ketones is 1. The Hall–Kier alpha value is -1.90. The first kappa shape index (κ1) is 13.5. The second-order valence-electron chi connectivity index (χ2n) is 5.31. The minimum Gasteiger partial charge on any atom is -0.294 e. The van der Waals surface area contributed by atoms with Crippen LogP contribution in [0.2, 0.25) is 0 Å². The molecule has 1 aromatic heterocycles. The van der Waals surface area contributed by atoms with Crippen LogP contribution in [0.3, 0.4) is 0 Å². The van der Waals surface area contributed by atoms with E-state index in [-0.39, 0.29) is 11.7 Å². The molecule has 19 heavy (non-hydrogen) atoms. The Bertz CT molecular complexity index is 577. The van der Waals surface area contributed by atoms with E-state index in [0.717, 1.165) is 28.9 Å². The Balaban J connectivity index is 2.27. The second-order valence-corrected chi connectivity index (χ2v) is 5.31. The smallest absolute Gasteiger partial charge is 0.165 e. The molecule has 0 bridgehead atoms. The van der Waals surface area contributed by atoms with Crippen molar-refractivity contribution in [3.63, 3.8) is 0 Å². The third-order valence-corrected chi connectivity index (χ3v) is 3.40. The molecule has 3 nitrogen and oxygen atoms in total. The lowest BCUT2D eigenvalue weighted by atomic mass is 9.96. The van der Waals surface area contributed by atoms with E-state index in [4.69, 9.17) is 0 Å². The molecule has 0 unspecified atom stereocenters. The average Bonchev–Trinajstić information content (AvgIpc) is 2.70. The van der Waals surface area contributed by atoms with Gasteiger partial charge in [0, 0.05) is 29.2 Å². The quantitative estimate of drug-likeness (QED) is 0.851. The molecule has 0 spiro atoms. The van der Waals surface area contributed by atoms with Crippen molar-refractivity contribution < 1.29 is 4.79 Å². The molecule has 0 amide bonds. The molecule has 0 saturated carbocycles. The molecule has 0 saturated heterocycles. The molecular formula is C16H20N2O. The maximum Gasteiger partial charge on any atom is 0.165 e. The van der Waals surface area contributed by atoms with Gasteiger partial charge in [0.1, 0.15) is 0 Å². The van der Waals surface area contributed by atoms with Gasteiger partial charge in [-0.25, -0.2) is 0 Å². The van der Waals surface area contributed by atoms with Gasteiger partial charge in [0.25, 0.3) is 0 Å². The number of aromatic amines is 1. The largest absolute Gasteiger partial charge is 0.294 e. The van der Waals surface area contributed by atoms with Crippen molar-refractivity contribution in [3.05, 3.63) is 52.3 Å². The van der Waals surface area contributed by atoms with E-state index >= 15 is 0 Å². The fourth-order valence-corrected chi connectivity index (χ4v) is 2.21. The molecule has 2 aromatic rings. The highest BCUT2D eigenvalue weighted by molar-refractivity contribution is 5.97. The fourth-order valence-electron chi connectivity index (χ4n) is 2.21. The minimum absolute atomic E-state index is 0.0349. The predicted molar refractivity (Wildman–Crippen MR) is 76.5 cm³/mol. The van der Waals surface area contributed by atoms with Gasteiger partial charge in [-0.3, -0.25) is 9.89 Å². The Labute approximate surface area is 114 Å². The number of carbonyl (C=O) groups is 1. The lowest BCUT2D eigenvalue weighted by Gasteiger charge is -2.07. The first-order valence-electron chi connectivity index (χ1n) is 6.62. The standard InChI is InChI=1S/C16H20N2O/c1-10(2)16(19)14-7-5-6-13(8-14)9-15-11(3)17-18-12(15)4/h5-8,10H,9H2,1-4H3,(H,17,18). The number of hydrogen-bond donors (Lipinski definition) is 1. The van der Waals surface area contributed by atoms with E-state index in [2.05, 4.69) is 16.3 Å². The summed E-state index contributed by atoms with van der Waals surface area (Å²) in [5, 5.41) is 7.20. The highest BCUT2D eigenvalue weighted by Crippen LogP contribution is 2.17. The van der Waals surface area contributed by atoms with Crippen LogP contribution in [0.5, 0.6) is 0 Å². The number of hydrogen-bond acceptors (Lipinski definition) is 2. The summed E-state index contributed by atoms with van der Waals surface area (Å²) in [4.78, 5) is 12.0. The molecule has 3 heteroatoms. The molecule has 0 aliphatic carbocycles. The van der Waals surface area contributed by atoms with Gasteiger partial charge < -0.3 is 0 Å². The van der Waals surface area contributed by atoms with Gasteiger partial charge >= 0.3 is 0 Å². The van der Waals surface area contributed by atoms with Crippen molar-refractivity contribution in [1.29, 1.82) is 0 Å². The number of aromatic nitrogens is 2. The Morgan fingerprint density at radius 3 is 2.63 bits per heavy atom. The molecule has 100 valence electrons. The van der Waals surface area contributed by atoms with Crippen LogP contribution < -0.4 is 0 Å². The van der Waals surface area contributed by atoms with Crippen molar-refractivity contribution in [2.45, 2.75) is 34.1 Å². The Morgan fingerprint density at radius 2 is 2.05 bits per heavy atom. The molecule has 0 aliphatic rings. The first-order valence-corrected chi connectivity index (χ1v) is 6.62. The van der Waals surface area contributed by atoms with E-state index in [1.165, 1.54) is 5.56 Å². The van der Waals surface area contributed by atoms with Gasteiger partial charge in [-0.15, -0.1) is 0 Å². The number of aryl methyl sites for hydroxylation is 2. The van der Waals surface area contributed by atoms with E-state index in [9.17, 15) is 4.79 Å². The summed E-state index contributed by atoms with van der Waals surface area (Å²) in [5.41, 5.74) is 5.29. The summed E-state index contributed by atoms with van der Waals surface area (Å²) in [7, 11) is 0.